The highest BCUT2D eigenvalue weighted by Gasteiger charge is 2.36. The van der Waals surface area contributed by atoms with Crippen molar-refractivity contribution in [3.05, 3.63) is 53.8 Å². The second kappa shape index (κ2) is 16.3. The molecule has 0 saturated heterocycles. The molecule has 2 aromatic rings. The molecule has 0 aromatic heterocycles. The van der Waals surface area contributed by atoms with Gasteiger partial charge in [-0.1, -0.05) is 89.8 Å². The highest BCUT2D eigenvalue weighted by atomic mass is 19.1. The van der Waals surface area contributed by atoms with Gasteiger partial charge in [0.25, 0.3) is 0 Å². The standard InChI is InChI=1S/C34H46FNO3/c1-3-5-7-9-11-21-34(26-36)22-19-30(20-23-34)39-33(37)28-15-13-27(14-16-28)29-17-18-32(31(35)25-29)38-24-12-10-8-6-4-2/h13-18,25,30H,3-12,19-24H2,1-2H3. The van der Waals surface area contributed by atoms with Crippen LogP contribution in [0.1, 0.15) is 121 Å². The summed E-state index contributed by atoms with van der Waals surface area (Å²) in [5.41, 5.74) is 1.78. The third-order valence-electron chi connectivity index (χ3n) is 8.05. The van der Waals surface area contributed by atoms with E-state index in [2.05, 4.69) is 19.9 Å². The first kappa shape index (κ1) is 30.7. The summed E-state index contributed by atoms with van der Waals surface area (Å²) < 4.78 is 26.0. The number of nitriles is 1. The monoisotopic (exact) mass is 535 g/mol. The van der Waals surface area contributed by atoms with Crippen molar-refractivity contribution < 1.29 is 18.7 Å². The van der Waals surface area contributed by atoms with Crippen LogP contribution in [-0.2, 0) is 4.74 Å². The van der Waals surface area contributed by atoms with Crippen LogP contribution in [0.3, 0.4) is 0 Å². The number of rotatable bonds is 16. The van der Waals surface area contributed by atoms with Crippen molar-refractivity contribution in [3.63, 3.8) is 0 Å². The maximum atomic E-state index is 14.6. The number of carbonyl (C=O) groups excluding carboxylic acids is 1. The lowest BCUT2D eigenvalue weighted by Crippen LogP contribution is -2.31. The van der Waals surface area contributed by atoms with E-state index in [9.17, 15) is 14.4 Å². The molecule has 1 fully saturated rings. The van der Waals surface area contributed by atoms with Gasteiger partial charge < -0.3 is 9.47 Å². The number of nitrogens with zero attached hydrogens (tertiary/aromatic N) is 1. The fourth-order valence-corrected chi connectivity index (χ4v) is 5.45. The van der Waals surface area contributed by atoms with Crippen molar-refractivity contribution in [2.24, 2.45) is 5.41 Å². The number of ether oxygens (including phenoxy) is 2. The van der Waals surface area contributed by atoms with Crippen LogP contribution < -0.4 is 4.74 Å². The Morgan fingerprint density at radius 2 is 1.51 bits per heavy atom. The first-order valence-corrected chi connectivity index (χ1v) is 15.2. The van der Waals surface area contributed by atoms with Gasteiger partial charge in [0.1, 0.15) is 6.10 Å². The summed E-state index contributed by atoms with van der Waals surface area (Å²) in [6.07, 6.45) is 15.5. The number of carbonyl (C=O) groups is 1. The third kappa shape index (κ3) is 9.67. The van der Waals surface area contributed by atoms with E-state index in [1.54, 1.807) is 18.2 Å². The minimum atomic E-state index is -0.378. The highest BCUT2D eigenvalue weighted by Crippen LogP contribution is 2.41. The topological polar surface area (TPSA) is 59.3 Å². The van der Waals surface area contributed by atoms with Gasteiger partial charge in [0, 0.05) is 0 Å². The average Bonchev–Trinajstić information content (AvgIpc) is 2.96. The second-order valence-electron chi connectivity index (χ2n) is 11.1. The molecule has 4 nitrogen and oxygen atoms in total. The van der Waals surface area contributed by atoms with Crippen molar-refractivity contribution in [2.45, 2.75) is 116 Å². The highest BCUT2D eigenvalue weighted by molar-refractivity contribution is 5.90. The van der Waals surface area contributed by atoms with Gasteiger partial charge in [-0.3, -0.25) is 0 Å². The molecule has 5 heteroatoms. The first-order chi connectivity index (χ1) is 19.0. The molecule has 1 aliphatic rings. The van der Waals surface area contributed by atoms with Crippen LogP contribution in [0.25, 0.3) is 11.1 Å². The lowest BCUT2D eigenvalue weighted by atomic mass is 9.71. The summed E-state index contributed by atoms with van der Waals surface area (Å²) >= 11 is 0. The van der Waals surface area contributed by atoms with Gasteiger partial charge in [0.05, 0.1) is 23.7 Å². The summed E-state index contributed by atoms with van der Waals surface area (Å²) in [5.74, 6) is -0.445. The van der Waals surface area contributed by atoms with Crippen LogP contribution in [0.15, 0.2) is 42.5 Å². The van der Waals surface area contributed by atoms with Crippen LogP contribution in [0, 0.1) is 22.6 Å². The number of unbranched alkanes of at least 4 members (excludes halogenated alkanes) is 8. The van der Waals surface area contributed by atoms with Crippen molar-refractivity contribution in [2.75, 3.05) is 6.61 Å². The summed E-state index contributed by atoms with van der Waals surface area (Å²) in [7, 11) is 0. The van der Waals surface area contributed by atoms with Gasteiger partial charge >= 0.3 is 5.97 Å². The fourth-order valence-electron chi connectivity index (χ4n) is 5.45. The molecule has 39 heavy (non-hydrogen) atoms. The molecule has 0 unspecified atom stereocenters. The SMILES string of the molecule is CCCCCCCOc1ccc(-c2ccc(C(=O)OC3CCC(C#N)(CCCCCCC)CC3)cc2)cc1F. The smallest absolute Gasteiger partial charge is 0.338 e. The van der Waals surface area contributed by atoms with E-state index in [-0.39, 0.29) is 29.1 Å². The van der Waals surface area contributed by atoms with Crippen molar-refractivity contribution in [3.8, 4) is 22.9 Å². The molecule has 0 amide bonds. The molecule has 2 aromatic carbocycles. The molecular weight excluding hydrogens is 489 g/mol. The Morgan fingerprint density at radius 1 is 0.897 bits per heavy atom. The average molecular weight is 536 g/mol. The van der Waals surface area contributed by atoms with Crippen molar-refractivity contribution >= 4 is 5.97 Å². The number of esters is 1. The minimum Gasteiger partial charge on any atom is -0.491 e. The zero-order valence-corrected chi connectivity index (χ0v) is 24.0. The maximum Gasteiger partial charge on any atom is 0.338 e. The molecule has 1 aliphatic carbocycles. The van der Waals surface area contributed by atoms with Crippen LogP contribution in [0.2, 0.25) is 0 Å². The Hall–Kier alpha value is -2.87. The van der Waals surface area contributed by atoms with Crippen LogP contribution in [-0.4, -0.2) is 18.7 Å². The van der Waals surface area contributed by atoms with Crippen LogP contribution >= 0.6 is 0 Å². The Labute approximate surface area is 234 Å². The lowest BCUT2D eigenvalue weighted by molar-refractivity contribution is 0.0105. The normalized spacial score (nSPS) is 18.9. The Bertz CT molecular complexity index is 1050. The molecule has 0 radical (unpaired) electrons. The Kier molecular flexibility index (Phi) is 12.8. The molecule has 212 valence electrons. The lowest BCUT2D eigenvalue weighted by Gasteiger charge is -2.34. The van der Waals surface area contributed by atoms with Gasteiger partial charge in [0.2, 0.25) is 0 Å². The van der Waals surface area contributed by atoms with E-state index in [0.29, 0.717) is 12.2 Å². The Balaban J connectivity index is 1.46. The van der Waals surface area contributed by atoms with E-state index < -0.39 is 0 Å². The van der Waals surface area contributed by atoms with E-state index in [1.807, 2.05) is 18.2 Å². The molecule has 0 aliphatic heterocycles. The number of hydrogen-bond acceptors (Lipinski definition) is 4. The summed E-state index contributed by atoms with van der Waals surface area (Å²) in [5, 5.41) is 9.83. The van der Waals surface area contributed by atoms with E-state index in [1.165, 1.54) is 51.0 Å². The molecule has 0 spiro atoms. The number of benzene rings is 2. The second-order valence-corrected chi connectivity index (χ2v) is 11.1. The fraction of sp³-hybridized carbons (Fsp3) is 0.588. The molecule has 0 bridgehead atoms. The molecule has 0 N–H and O–H groups in total. The number of hydrogen-bond donors (Lipinski definition) is 0. The van der Waals surface area contributed by atoms with Gasteiger partial charge in [-0.2, -0.15) is 5.26 Å². The first-order valence-electron chi connectivity index (χ1n) is 15.2. The molecule has 0 atom stereocenters. The van der Waals surface area contributed by atoms with Crippen molar-refractivity contribution in [1.82, 2.24) is 0 Å². The molecular formula is C34H46FNO3. The molecule has 0 heterocycles. The zero-order valence-electron chi connectivity index (χ0n) is 24.0. The predicted molar refractivity (Wildman–Crippen MR) is 155 cm³/mol. The van der Waals surface area contributed by atoms with Crippen LogP contribution in [0.4, 0.5) is 4.39 Å². The third-order valence-corrected chi connectivity index (χ3v) is 8.05. The van der Waals surface area contributed by atoms with E-state index >= 15 is 0 Å². The van der Waals surface area contributed by atoms with Gasteiger partial charge in [0.15, 0.2) is 11.6 Å². The van der Waals surface area contributed by atoms with Gasteiger partial charge in [-0.05, 0) is 73.9 Å². The number of halogens is 1. The minimum absolute atomic E-state index is 0.146. The predicted octanol–water partition coefficient (Wildman–Crippen LogP) is 9.81. The molecule has 3 rings (SSSR count). The van der Waals surface area contributed by atoms with E-state index in [0.717, 1.165) is 62.5 Å². The largest absolute Gasteiger partial charge is 0.491 e. The van der Waals surface area contributed by atoms with Gasteiger partial charge in [-0.25, -0.2) is 9.18 Å². The van der Waals surface area contributed by atoms with Crippen LogP contribution in [0.5, 0.6) is 5.75 Å². The van der Waals surface area contributed by atoms with E-state index in [4.69, 9.17) is 9.47 Å². The van der Waals surface area contributed by atoms with Gasteiger partial charge in [-0.15, -0.1) is 0 Å². The van der Waals surface area contributed by atoms with Crippen molar-refractivity contribution in [1.29, 1.82) is 5.26 Å². The maximum absolute atomic E-state index is 14.6. The molecule has 1 saturated carbocycles. The summed E-state index contributed by atoms with van der Waals surface area (Å²) in [6.45, 7) is 4.91. The Morgan fingerprint density at radius 3 is 2.13 bits per heavy atom. The summed E-state index contributed by atoms with van der Waals surface area (Å²) in [4.78, 5) is 12.8. The summed E-state index contributed by atoms with van der Waals surface area (Å²) in [6, 6.07) is 14.7. The zero-order chi connectivity index (χ0) is 27.9. The quantitative estimate of drug-likeness (QED) is 0.158.